The van der Waals surface area contributed by atoms with Crippen LogP contribution < -0.4 is 5.32 Å². The summed E-state index contributed by atoms with van der Waals surface area (Å²) in [4.78, 5) is 2.63. The lowest BCUT2D eigenvalue weighted by molar-refractivity contribution is 0.583. The molecule has 1 unspecified atom stereocenters. The van der Waals surface area contributed by atoms with Crippen molar-refractivity contribution >= 4 is 50.6 Å². The SMILES string of the molecule is CCCNC(CSc1ccc(Cl)cc1)c1sccc1Br. The summed E-state index contributed by atoms with van der Waals surface area (Å²) < 4.78 is 1.20. The van der Waals surface area contributed by atoms with Crippen molar-refractivity contribution in [2.24, 2.45) is 0 Å². The van der Waals surface area contributed by atoms with Gasteiger partial charge in [0.05, 0.1) is 6.04 Å². The maximum Gasteiger partial charge on any atom is 0.0521 e. The molecule has 0 saturated carbocycles. The number of hydrogen-bond acceptors (Lipinski definition) is 3. The number of hydrogen-bond donors (Lipinski definition) is 1. The van der Waals surface area contributed by atoms with E-state index < -0.39 is 0 Å². The summed E-state index contributed by atoms with van der Waals surface area (Å²) in [7, 11) is 0. The van der Waals surface area contributed by atoms with Gasteiger partial charge >= 0.3 is 0 Å². The van der Waals surface area contributed by atoms with Gasteiger partial charge in [-0.05, 0) is 64.6 Å². The van der Waals surface area contributed by atoms with E-state index in [1.54, 1.807) is 11.3 Å². The first kappa shape index (κ1) is 16.4. The average Bonchev–Trinajstić information content (AvgIpc) is 2.87. The highest BCUT2D eigenvalue weighted by molar-refractivity contribution is 9.10. The normalized spacial score (nSPS) is 12.6. The van der Waals surface area contributed by atoms with Crippen molar-refractivity contribution in [1.29, 1.82) is 0 Å². The fraction of sp³-hybridized carbons (Fsp3) is 0.333. The van der Waals surface area contributed by atoms with E-state index in [-0.39, 0.29) is 0 Å². The van der Waals surface area contributed by atoms with Gasteiger partial charge in [-0.15, -0.1) is 23.1 Å². The van der Waals surface area contributed by atoms with E-state index in [1.165, 1.54) is 14.2 Å². The predicted molar refractivity (Wildman–Crippen MR) is 95.2 cm³/mol. The van der Waals surface area contributed by atoms with Gasteiger partial charge in [-0.1, -0.05) is 18.5 Å². The molecule has 2 aromatic rings. The van der Waals surface area contributed by atoms with Crippen LogP contribution in [0.5, 0.6) is 0 Å². The van der Waals surface area contributed by atoms with Crippen LogP contribution in [0.3, 0.4) is 0 Å². The van der Waals surface area contributed by atoms with Crippen LogP contribution in [0.15, 0.2) is 45.1 Å². The summed E-state index contributed by atoms with van der Waals surface area (Å²) in [5.41, 5.74) is 0. The van der Waals surface area contributed by atoms with Crippen LogP contribution in [-0.2, 0) is 0 Å². The van der Waals surface area contributed by atoms with Crippen LogP contribution in [0, 0.1) is 0 Å². The van der Waals surface area contributed by atoms with E-state index in [2.05, 4.69) is 51.7 Å². The summed E-state index contributed by atoms with van der Waals surface area (Å²) in [5, 5.41) is 6.55. The molecule has 0 saturated heterocycles. The zero-order valence-electron chi connectivity index (χ0n) is 11.2. The molecule has 0 bridgehead atoms. The quantitative estimate of drug-likeness (QED) is 0.582. The topological polar surface area (TPSA) is 12.0 Å². The number of thioether (sulfide) groups is 1. The second-order valence-corrected chi connectivity index (χ2v) is 7.74. The summed E-state index contributed by atoms with van der Waals surface area (Å²) in [6.45, 7) is 3.23. The van der Waals surface area contributed by atoms with Gasteiger partial charge in [0.25, 0.3) is 0 Å². The van der Waals surface area contributed by atoms with Gasteiger partial charge in [0.1, 0.15) is 0 Å². The molecule has 1 aromatic carbocycles. The number of thiophene rings is 1. The highest BCUT2D eigenvalue weighted by Gasteiger charge is 2.15. The molecular weight excluding hydrogens is 374 g/mol. The minimum Gasteiger partial charge on any atom is -0.309 e. The third-order valence-electron chi connectivity index (χ3n) is 2.83. The molecular formula is C15H17BrClNS2. The van der Waals surface area contributed by atoms with Crippen molar-refractivity contribution in [3.05, 3.63) is 50.1 Å². The van der Waals surface area contributed by atoms with Crippen molar-refractivity contribution in [1.82, 2.24) is 5.32 Å². The second kappa shape index (κ2) is 8.44. The van der Waals surface area contributed by atoms with Crippen molar-refractivity contribution in [2.45, 2.75) is 24.3 Å². The molecule has 0 aliphatic heterocycles. The molecule has 1 aromatic heterocycles. The van der Waals surface area contributed by atoms with Crippen LogP contribution in [-0.4, -0.2) is 12.3 Å². The molecule has 0 aliphatic rings. The maximum atomic E-state index is 5.92. The van der Waals surface area contributed by atoms with Gasteiger partial charge in [0.15, 0.2) is 0 Å². The molecule has 0 radical (unpaired) electrons. The van der Waals surface area contributed by atoms with E-state index in [0.717, 1.165) is 23.7 Å². The van der Waals surface area contributed by atoms with Crippen LogP contribution in [0.4, 0.5) is 0 Å². The van der Waals surface area contributed by atoms with Crippen LogP contribution in [0.25, 0.3) is 0 Å². The lowest BCUT2D eigenvalue weighted by Crippen LogP contribution is -2.23. The summed E-state index contributed by atoms with van der Waals surface area (Å²) in [6, 6.07) is 10.5. The van der Waals surface area contributed by atoms with E-state index in [0.29, 0.717) is 6.04 Å². The Morgan fingerprint density at radius 3 is 2.65 bits per heavy atom. The first-order valence-electron chi connectivity index (χ1n) is 6.55. The molecule has 5 heteroatoms. The van der Waals surface area contributed by atoms with Crippen molar-refractivity contribution in [3.63, 3.8) is 0 Å². The van der Waals surface area contributed by atoms with Gasteiger partial charge in [-0.3, -0.25) is 0 Å². The Balaban J connectivity index is 2.01. The molecule has 0 aliphatic carbocycles. The molecule has 2 rings (SSSR count). The Bertz CT molecular complexity index is 527. The fourth-order valence-electron chi connectivity index (χ4n) is 1.81. The Hall–Kier alpha value is -0.000000000000000111. The lowest BCUT2D eigenvalue weighted by atomic mass is 10.2. The number of nitrogens with one attached hydrogen (secondary N) is 1. The summed E-state index contributed by atoms with van der Waals surface area (Å²) in [5.74, 6) is 1.01. The number of benzene rings is 1. The fourth-order valence-corrected chi connectivity index (χ4v) is 4.74. The van der Waals surface area contributed by atoms with Crippen LogP contribution in [0.1, 0.15) is 24.3 Å². The van der Waals surface area contributed by atoms with Crippen LogP contribution >= 0.6 is 50.6 Å². The molecule has 1 atom stereocenters. The molecule has 1 heterocycles. The third-order valence-corrected chi connectivity index (χ3v) is 6.17. The zero-order valence-corrected chi connectivity index (χ0v) is 15.2. The first-order chi connectivity index (χ1) is 9.70. The molecule has 1 nitrogen and oxygen atoms in total. The smallest absolute Gasteiger partial charge is 0.0521 e. The Morgan fingerprint density at radius 2 is 2.05 bits per heavy atom. The maximum absolute atomic E-state index is 5.92. The largest absolute Gasteiger partial charge is 0.309 e. The first-order valence-corrected chi connectivity index (χ1v) is 9.59. The predicted octanol–water partition coefficient (Wildman–Crippen LogP) is 6.00. The van der Waals surface area contributed by atoms with Gasteiger partial charge < -0.3 is 5.32 Å². The highest BCUT2D eigenvalue weighted by Crippen LogP contribution is 2.33. The van der Waals surface area contributed by atoms with E-state index in [4.69, 9.17) is 11.6 Å². The second-order valence-electron chi connectivity index (χ2n) is 4.40. The average molecular weight is 391 g/mol. The zero-order chi connectivity index (χ0) is 14.4. The molecule has 0 fully saturated rings. The summed E-state index contributed by atoms with van der Waals surface area (Å²) >= 11 is 13.2. The minimum absolute atomic E-state index is 0.380. The van der Waals surface area contributed by atoms with Crippen LogP contribution in [0.2, 0.25) is 5.02 Å². The van der Waals surface area contributed by atoms with Crippen molar-refractivity contribution in [3.8, 4) is 0 Å². The molecule has 20 heavy (non-hydrogen) atoms. The Labute approximate surface area is 142 Å². The van der Waals surface area contributed by atoms with Gasteiger partial charge in [-0.2, -0.15) is 0 Å². The Morgan fingerprint density at radius 1 is 1.30 bits per heavy atom. The third kappa shape index (κ3) is 4.78. The summed E-state index contributed by atoms with van der Waals surface area (Å²) in [6.07, 6.45) is 1.14. The highest BCUT2D eigenvalue weighted by atomic mass is 79.9. The van der Waals surface area contributed by atoms with Gasteiger partial charge in [-0.25, -0.2) is 0 Å². The molecule has 0 amide bonds. The lowest BCUT2D eigenvalue weighted by Gasteiger charge is -2.17. The monoisotopic (exact) mass is 389 g/mol. The molecule has 108 valence electrons. The minimum atomic E-state index is 0.380. The molecule has 0 spiro atoms. The number of rotatable bonds is 7. The molecule has 1 N–H and O–H groups in total. The van der Waals surface area contributed by atoms with Crippen molar-refractivity contribution < 1.29 is 0 Å². The van der Waals surface area contributed by atoms with Crippen molar-refractivity contribution in [2.75, 3.05) is 12.3 Å². The van der Waals surface area contributed by atoms with E-state index >= 15 is 0 Å². The Kier molecular flexibility index (Phi) is 6.91. The van der Waals surface area contributed by atoms with Gasteiger partial charge in [0.2, 0.25) is 0 Å². The van der Waals surface area contributed by atoms with E-state index in [1.807, 2.05) is 23.9 Å². The van der Waals surface area contributed by atoms with Gasteiger partial charge in [0, 0.05) is 25.0 Å². The number of halogens is 2. The van der Waals surface area contributed by atoms with E-state index in [9.17, 15) is 0 Å². The standard InChI is InChI=1S/C15H17BrClNS2/c1-2-8-18-14(15-13(16)7-9-19-15)10-20-12-5-3-11(17)4-6-12/h3-7,9,14,18H,2,8,10H2,1H3.